The molecule has 1 atom stereocenters. The average molecular weight is 499 g/mol. The predicted octanol–water partition coefficient (Wildman–Crippen LogP) is 2.83. The molecule has 1 heterocycles. The highest BCUT2D eigenvalue weighted by atomic mass is 32.2. The van der Waals surface area contributed by atoms with Gasteiger partial charge in [0.2, 0.25) is 15.9 Å². The van der Waals surface area contributed by atoms with E-state index in [1.807, 2.05) is 24.3 Å². The van der Waals surface area contributed by atoms with Crippen LogP contribution in [-0.4, -0.2) is 55.1 Å². The second-order valence-corrected chi connectivity index (χ2v) is 10.7. The Morgan fingerprint density at radius 3 is 2.57 bits per heavy atom. The zero-order chi connectivity index (χ0) is 25.2. The molecule has 2 aromatic rings. The number of urea groups is 1. The van der Waals surface area contributed by atoms with E-state index in [9.17, 15) is 22.8 Å². The number of rotatable bonds is 7. The molecule has 9 nitrogen and oxygen atoms in total. The van der Waals surface area contributed by atoms with Crippen molar-refractivity contribution < 1.29 is 22.8 Å². The van der Waals surface area contributed by atoms with Crippen LogP contribution < -0.4 is 10.6 Å². The molecule has 2 N–H and O–H groups in total. The first kappa shape index (κ1) is 24.9. The maximum Gasteiger partial charge on any atom is 0.325 e. The quantitative estimate of drug-likeness (QED) is 0.570. The third kappa shape index (κ3) is 4.55. The maximum absolute atomic E-state index is 13.5. The third-order valence-corrected chi connectivity index (χ3v) is 8.71. The molecule has 0 radical (unpaired) electrons. The van der Waals surface area contributed by atoms with E-state index in [-0.39, 0.29) is 10.6 Å². The minimum Gasteiger partial charge on any atom is -0.324 e. The Morgan fingerprint density at radius 2 is 1.83 bits per heavy atom. The van der Waals surface area contributed by atoms with E-state index in [0.717, 1.165) is 35.3 Å². The molecule has 186 valence electrons. The Bertz CT molecular complexity index is 1260. The van der Waals surface area contributed by atoms with Gasteiger partial charge in [0.15, 0.2) is 0 Å². The van der Waals surface area contributed by atoms with Gasteiger partial charge in [0.05, 0.1) is 4.90 Å². The Hall–Kier alpha value is -3.24. The number of nitrogens with one attached hydrogen (secondary N) is 2. The van der Waals surface area contributed by atoms with Gasteiger partial charge in [0.1, 0.15) is 12.1 Å². The number of anilines is 1. The molecular weight excluding hydrogens is 468 g/mol. The van der Waals surface area contributed by atoms with E-state index < -0.39 is 40.0 Å². The predicted molar refractivity (Wildman–Crippen MR) is 131 cm³/mol. The number of carbonyl (C=O) groups is 3. The molecule has 1 unspecified atom stereocenters. The fourth-order valence-electron chi connectivity index (χ4n) is 4.91. The normalized spacial score (nSPS) is 20.0. The number of hydrogen-bond donors (Lipinski definition) is 2. The van der Waals surface area contributed by atoms with Gasteiger partial charge in [-0.05, 0) is 55.0 Å². The second kappa shape index (κ2) is 9.79. The summed E-state index contributed by atoms with van der Waals surface area (Å²) in [6, 6.07) is 12.9. The molecule has 4 rings (SSSR count). The van der Waals surface area contributed by atoms with Gasteiger partial charge in [-0.1, -0.05) is 44.2 Å². The van der Waals surface area contributed by atoms with Gasteiger partial charge in [0.25, 0.3) is 5.91 Å². The molecule has 1 aliphatic heterocycles. The molecule has 2 aliphatic rings. The number of amides is 4. The van der Waals surface area contributed by atoms with E-state index in [0.29, 0.717) is 19.5 Å². The molecule has 0 saturated carbocycles. The smallest absolute Gasteiger partial charge is 0.324 e. The lowest BCUT2D eigenvalue weighted by atomic mass is 9.84. The number of aryl methyl sites for hydroxylation is 1. The Labute approximate surface area is 205 Å². The molecule has 35 heavy (non-hydrogen) atoms. The fourth-order valence-corrected chi connectivity index (χ4v) is 6.41. The van der Waals surface area contributed by atoms with Gasteiger partial charge in [-0.3, -0.25) is 14.5 Å². The monoisotopic (exact) mass is 498 g/mol. The second-order valence-electron chi connectivity index (χ2n) is 8.76. The molecule has 4 amide bonds. The van der Waals surface area contributed by atoms with Gasteiger partial charge in [0, 0.05) is 18.8 Å². The highest BCUT2D eigenvalue weighted by Crippen LogP contribution is 2.38. The van der Waals surface area contributed by atoms with Crippen LogP contribution >= 0.6 is 0 Å². The van der Waals surface area contributed by atoms with Crippen molar-refractivity contribution in [2.45, 2.75) is 50.0 Å². The Balaban J connectivity index is 1.52. The summed E-state index contributed by atoms with van der Waals surface area (Å²) in [5.41, 5.74) is 0.913. The summed E-state index contributed by atoms with van der Waals surface area (Å²) in [4.78, 5) is 40.1. The topological polar surface area (TPSA) is 116 Å². The minimum absolute atomic E-state index is 0.0583. The maximum atomic E-state index is 13.5. The van der Waals surface area contributed by atoms with Crippen molar-refractivity contribution in [3.8, 4) is 0 Å². The summed E-state index contributed by atoms with van der Waals surface area (Å²) in [5, 5.41) is 5.49. The van der Waals surface area contributed by atoms with Crippen LogP contribution in [0.25, 0.3) is 0 Å². The van der Waals surface area contributed by atoms with Gasteiger partial charge in [-0.25, -0.2) is 13.2 Å². The van der Waals surface area contributed by atoms with Crippen LogP contribution in [0.5, 0.6) is 0 Å². The van der Waals surface area contributed by atoms with Crippen molar-refractivity contribution in [1.29, 1.82) is 0 Å². The zero-order valence-corrected chi connectivity index (χ0v) is 20.7. The average Bonchev–Trinajstić information content (AvgIpc) is 2.97. The van der Waals surface area contributed by atoms with E-state index in [1.165, 1.54) is 22.5 Å². The Kier molecular flexibility index (Phi) is 6.95. The van der Waals surface area contributed by atoms with Gasteiger partial charge in [-0.15, -0.1) is 0 Å². The van der Waals surface area contributed by atoms with E-state index in [1.54, 1.807) is 19.9 Å². The van der Waals surface area contributed by atoms with Crippen LogP contribution in [0.4, 0.5) is 10.5 Å². The van der Waals surface area contributed by atoms with Crippen molar-refractivity contribution in [2.75, 3.05) is 25.0 Å². The SMILES string of the molecule is CCN(CC)S(=O)(=O)c1cccc(NC(=O)CN2C(=O)NC3(CCCCc4ccccc43)C2=O)c1. The first-order valence-corrected chi connectivity index (χ1v) is 13.3. The number of nitrogens with zero attached hydrogens (tertiary/aromatic N) is 2. The highest BCUT2D eigenvalue weighted by molar-refractivity contribution is 7.89. The first-order chi connectivity index (χ1) is 16.7. The van der Waals surface area contributed by atoms with Crippen molar-refractivity contribution in [1.82, 2.24) is 14.5 Å². The number of carbonyl (C=O) groups excluding carboxylic acids is 3. The van der Waals surface area contributed by atoms with Gasteiger partial charge < -0.3 is 10.6 Å². The molecule has 10 heteroatoms. The molecule has 1 aliphatic carbocycles. The van der Waals surface area contributed by atoms with E-state index in [4.69, 9.17) is 0 Å². The lowest BCUT2D eigenvalue weighted by Gasteiger charge is -2.27. The van der Waals surface area contributed by atoms with Crippen LogP contribution in [0.3, 0.4) is 0 Å². The molecule has 0 aromatic heterocycles. The van der Waals surface area contributed by atoms with Crippen molar-refractivity contribution >= 4 is 33.6 Å². The molecule has 1 saturated heterocycles. The minimum atomic E-state index is -3.70. The highest BCUT2D eigenvalue weighted by Gasteiger charge is 2.53. The summed E-state index contributed by atoms with van der Waals surface area (Å²) in [6.45, 7) is 3.69. The number of sulfonamides is 1. The van der Waals surface area contributed by atoms with Crippen LogP contribution in [0.2, 0.25) is 0 Å². The summed E-state index contributed by atoms with van der Waals surface area (Å²) in [5.74, 6) is -1.03. The largest absolute Gasteiger partial charge is 0.325 e. The molecule has 1 spiro atoms. The fraction of sp³-hybridized carbons (Fsp3) is 0.400. The van der Waals surface area contributed by atoms with E-state index >= 15 is 0 Å². The van der Waals surface area contributed by atoms with Gasteiger partial charge in [-0.2, -0.15) is 4.31 Å². The number of benzene rings is 2. The number of hydrogen-bond acceptors (Lipinski definition) is 5. The lowest BCUT2D eigenvalue weighted by molar-refractivity contribution is -0.134. The third-order valence-electron chi connectivity index (χ3n) is 6.66. The van der Waals surface area contributed by atoms with Crippen LogP contribution in [0, 0.1) is 0 Å². The molecule has 2 aromatic carbocycles. The summed E-state index contributed by atoms with van der Waals surface area (Å²) in [7, 11) is -3.70. The molecular formula is C25H30N4O5S. The van der Waals surface area contributed by atoms with Gasteiger partial charge >= 0.3 is 6.03 Å². The van der Waals surface area contributed by atoms with Crippen LogP contribution in [0.1, 0.15) is 44.2 Å². The first-order valence-electron chi connectivity index (χ1n) is 11.9. The van der Waals surface area contributed by atoms with E-state index in [2.05, 4.69) is 10.6 Å². The summed E-state index contributed by atoms with van der Waals surface area (Å²) < 4.78 is 26.9. The molecule has 0 bridgehead atoms. The van der Waals surface area contributed by atoms with Crippen molar-refractivity contribution in [3.05, 3.63) is 59.7 Å². The standard InChI is InChI=1S/C25H30N4O5S/c1-3-28(4-2)35(33,34)20-13-9-12-19(16-20)26-22(30)17-29-23(31)25(27-24(29)32)15-8-7-11-18-10-5-6-14-21(18)25/h5-6,9-10,12-14,16H,3-4,7-8,11,15,17H2,1-2H3,(H,26,30)(H,27,32). The Morgan fingerprint density at radius 1 is 1.09 bits per heavy atom. The number of imide groups is 1. The van der Waals surface area contributed by atoms with Crippen LogP contribution in [0.15, 0.2) is 53.4 Å². The number of fused-ring (bicyclic) bond motifs is 2. The van der Waals surface area contributed by atoms with Crippen molar-refractivity contribution in [3.63, 3.8) is 0 Å². The van der Waals surface area contributed by atoms with Crippen molar-refractivity contribution in [2.24, 2.45) is 0 Å². The lowest BCUT2D eigenvalue weighted by Crippen LogP contribution is -2.44. The molecule has 1 fully saturated rings. The summed E-state index contributed by atoms with van der Waals surface area (Å²) in [6.07, 6.45) is 2.98. The van der Waals surface area contributed by atoms with Crippen LogP contribution in [-0.2, 0) is 31.6 Å². The zero-order valence-electron chi connectivity index (χ0n) is 19.9. The summed E-state index contributed by atoms with van der Waals surface area (Å²) >= 11 is 0.